The number of carbonyl (C=O) groups excluding carboxylic acids is 2. The molecule has 0 atom stereocenters. The SMILES string of the molecule is Cc1oc(C)c(C(=O)Nc2ccc(OCC(N)=O)cc2)c1C. The van der Waals surface area contributed by atoms with E-state index in [1.807, 2.05) is 13.8 Å². The molecular weight excluding hydrogens is 284 g/mol. The molecule has 116 valence electrons. The topological polar surface area (TPSA) is 94.6 Å². The summed E-state index contributed by atoms with van der Waals surface area (Å²) in [5.41, 5.74) is 7.00. The van der Waals surface area contributed by atoms with E-state index in [1.54, 1.807) is 31.2 Å². The van der Waals surface area contributed by atoms with E-state index in [4.69, 9.17) is 14.9 Å². The van der Waals surface area contributed by atoms with Gasteiger partial charge >= 0.3 is 0 Å². The molecule has 0 unspecified atom stereocenters. The predicted octanol–water partition coefficient (Wildman–Crippen LogP) is 2.32. The minimum atomic E-state index is -0.543. The lowest BCUT2D eigenvalue weighted by Gasteiger charge is -2.07. The molecule has 2 aromatic rings. The van der Waals surface area contributed by atoms with Crippen LogP contribution in [0.5, 0.6) is 5.75 Å². The third kappa shape index (κ3) is 3.46. The first-order valence-electron chi connectivity index (χ1n) is 6.77. The third-order valence-corrected chi connectivity index (χ3v) is 3.28. The molecule has 2 rings (SSSR count). The maximum atomic E-state index is 12.3. The van der Waals surface area contributed by atoms with Crippen LogP contribution >= 0.6 is 0 Å². The Labute approximate surface area is 128 Å². The second-order valence-electron chi connectivity index (χ2n) is 4.95. The fourth-order valence-corrected chi connectivity index (χ4v) is 2.11. The number of aryl methyl sites for hydroxylation is 2. The number of anilines is 1. The van der Waals surface area contributed by atoms with Crippen LogP contribution in [0.4, 0.5) is 5.69 Å². The molecule has 0 spiro atoms. The monoisotopic (exact) mass is 302 g/mol. The zero-order chi connectivity index (χ0) is 16.3. The number of rotatable bonds is 5. The van der Waals surface area contributed by atoms with E-state index >= 15 is 0 Å². The number of carbonyl (C=O) groups is 2. The minimum Gasteiger partial charge on any atom is -0.484 e. The lowest BCUT2D eigenvalue weighted by Crippen LogP contribution is -2.20. The molecule has 0 radical (unpaired) electrons. The van der Waals surface area contributed by atoms with Gasteiger partial charge in [-0.05, 0) is 45.0 Å². The molecule has 0 saturated carbocycles. The minimum absolute atomic E-state index is 0.182. The fraction of sp³-hybridized carbons (Fsp3) is 0.250. The molecule has 3 N–H and O–H groups in total. The van der Waals surface area contributed by atoms with E-state index in [9.17, 15) is 9.59 Å². The maximum absolute atomic E-state index is 12.3. The third-order valence-electron chi connectivity index (χ3n) is 3.28. The summed E-state index contributed by atoms with van der Waals surface area (Å²) >= 11 is 0. The normalized spacial score (nSPS) is 10.3. The number of hydrogen-bond acceptors (Lipinski definition) is 4. The van der Waals surface area contributed by atoms with Crippen LogP contribution in [0.2, 0.25) is 0 Å². The van der Waals surface area contributed by atoms with Crippen molar-refractivity contribution in [3.8, 4) is 5.75 Å². The number of primary amides is 1. The van der Waals surface area contributed by atoms with Crippen LogP contribution in [0.1, 0.15) is 27.4 Å². The van der Waals surface area contributed by atoms with Crippen molar-refractivity contribution in [2.75, 3.05) is 11.9 Å². The van der Waals surface area contributed by atoms with E-state index < -0.39 is 5.91 Å². The average molecular weight is 302 g/mol. The lowest BCUT2D eigenvalue weighted by atomic mass is 10.1. The van der Waals surface area contributed by atoms with Crippen LogP contribution in [-0.4, -0.2) is 18.4 Å². The summed E-state index contributed by atoms with van der Waals surface area (Å²) in [5, 5.41) is 2.80. The molecule has 0 aliphatic rings. The van der Waals surface area contributed by atoms with Gasteiger partial charge in [0.2, 0.25) is 0 Å². The molecule has 0 bridgehead atoms. The smallest absolute Gasteiger partial charge is 0.259 e. The Morgan fingerprint density at radius 1 is 1.14 bits per heavy atom. The summed E-state index contributed by atoms with van der Waals surface area (Å²) in [6.45, 7) is 5.25. The van der Waals surface area contributed by atoms with Gasteiger partial charge in [0.05, 0.1) is 5.56 Å². The van der Waals surface area contributed by atoms with Crippen molar-refractivity contribution in [2.45, 2.75) is 20.8 Å². The molecular formula is C16H18N2O4. The summed E-state index contributed by atoms with van der Waals surface area (Å²) in [6, 6.07) is 6.68. The number of benzene rings is 1. The Morgan fingerprint density at radius 3 is 2.27 bits per heavy atom. The zero-order valence-corrected chi connectivity index (χ0v) is 12.7. The Bertz CT molecular complexity index is 702. The van der Waals surface area contributed by atoms with Gasteiger partial charge in [0.1, 0.15) is 17.3 Å². The van der Waals surface area contributed by atoms with Crippen LogP contribution < -0.4 is 15.8 Å². The molecule has 0 aliphatic carbocycles. The van der Waals surface area contributed by atoms with Crippen molar-refractivity contribution in [3.63, 3.8) is 0 Å². The van der Waals surface area contributed by atoms with Crippen LogP contribution in [0.3, 0.4) is 0 Å². The quantitative estimate of drug-likeness (QED) is 0.886. The second kappa shape index (κ2) is 6.34. The largest absolute Gasteiger partial charge is 0.484 e. The van der Waals surface area contributed by atoms with Gasteiger partial charge in [-0.1, -0.05) is 0 Å². The van der Waals surface area contributed by atoms with Gasteiger partial charge in [-0.15, -0.1) is 0 Å². The van der Waals surface area contributed by atoms with Crippen LogP contribution in [-0.2, 0) is 4.79 Å². The molecule has 22 heavy (non-hydrogen) atoms. The highest BCUT2D eigenvalue weighted by Crippen LogP contribution is 2.22. The number of nitrogens with two attached hydrogens (primary N) is 1. The van der Waals surface area contributed by atoms with E-state index in [0.29, 0.717) is 22.8 Å². The second-order valence-corrected chi connectivity index (χ2v) is 4.95. The fourth-order valence-electron chi connectivity index (χ4n) is 2.11. The standard InChI is InChI=1S/C16H18N2O4/c1-9-10(2)22-11(3)15(9)16(20)18-12-4-6-13(7-5-12)21-8-14(17)19/h4-7H,8H2,1-3H3,(H2,17,19)(H,18,20). The highest BCUT2D eigenvalue weighted by molar-refractivity contribution is 6.06. The molecule has 0 saturated heterocycles. The highest BCUT2D eigenvalue weighted by Gasteiger charge is 2.18. The zero-order valence-electron chi connectivity index (χ0n) is 12.7. The number of nitrogens with one attached hydrogen (secondary N) is 1. The van der Waals surface area contributed by atoms with E-state index in [2.05, 4.69) is 5.32 Å². The van der Waals surface area contributed by atoms with E-state index in [0.717, 1.165) is 11.3 Å². The molecule has 6 heteroatoms. The molecule has 1 heterocycles. The number of furan rings is 1. The molecule has 0 fully saturated rings. The van der Waals surface area contributed by atoms with Gasteiger partial charge in [0.15, 0.2) is 6.61 Å². The average Bonchev–Trinajstić information content (AvgIpc) is 2.71. The van der Waals surface area contributed by atoms with Gasteiger partial charge in [-0.3, -0.25) is 9.59 Å². The molecule has 6 nitrogen and oxygen atoms in total. The summed E-state index contributed by atoms with van der Waals surface area (Å²) < 4.78 is 10.6. The van der Waals surface area contributed by atoms with Crippen molar-refractivity contribution in [2.24, 2.45) is 5.73 Å². The Balaban J connectivity index is 2.07. The van der Waals surface area contributed by atoms with Gasteiger partial charge < -0.3 is 20.2 Å². The Hall–Kier alpha value is -2.76. The van der Waals surface area contributed by atoms with Crippen molar-refractivity contribution in [3.05, 3.63) is 46.9 Å². The Kier molecular flexibility index (Phi) is 4.50. The summed E-state index contributed by atoms with van der Waals surface area (Å²) in [5.74, 6) is 1.06. The molecule has 1 aromatic heterocycles. The molecule has 2 amide bonds. The summed E-state index contributed by atoms with van der Waals surface area (Å²) in [7, 11) is 0. The van der Waals surface area contributed by atoms with Crippen molar-refractivity contribution in [1.82, 2.24) is 0 Å². The van der Waals surface area contributed by atoms with Crippen molar-refractivity contribution >= 4 is 17.5 Å². The Morgan fingerprint density at radius 2 is 1.77 bits per heavy atom. The maximum Gasteiger partial charge on any atom is 0.259 e. The van der Waals surface area contributed by atoms with Crippen molar-refractivity contribution < 1.29 is 18.7 Å². The van der Waals surface area contributed by atoms with Gasteiger partial charge in [0.25, 0.3) is 11.8 Å². The first-order valence-corrected chi connectivity index (χ1v) is 6.77. The first kappa shape index (κ1) is 15.6. The van der Waals surface area contributed by atoms with Gasteiger partial charge in [-0.25, -0.2) is 0 Å². The molecule has 1 aromatic carbocycles. The number of hydrogen-bond donors (Lipinski definition) is 2. The van der Waals surface area contributed by atoms with Gasteiger partial charge in [-0.2, -0.15) is 0 Å². The van der Waals surface area contributed by atoms with Crippen molar-refractivity contribution in [1.29, 1.82) is 0 Å². The highest BCUT2D eigenvalue weighted by atomic mass is 16.5. The number of amides is 2. The summed E-state index contributed by atoms with van der Waals surface area (Å²) in [4.78, 5) is 22.9. The van der Waals surface area contributed by atoms with Gasteiger partial charge in [0, 0.05) is 11.3 Å². The number of ether oxygens (including phenoxy) is 1. The van der Waals surface area contributed by atoms with Crippen LogP contribution in [0, 0.1) is 20.8 Å². The van der Waals surface area contributed by atoms with Crippen LogP contribution in [0.25, 0.3) is 0 Å². The molecule has 0 aliphatic heterocycles. The lowest BCUT2D eigenvalue weighted by molar-refractivity contribution is -0.119. The first-order chi connectivity index (χ1) is 10.4. The van der Waals surface area contributed by atoms with Crippen LogP contribution in [0.15, 0.2) is 28.7 Å². The predicted molar refractivity (Wildman–Crippen MR) is 82.0 cm³/mol. The van der Waals surface area contributed by atoms with E-state index in [-0.39, 0.29) is 12.5 Å². The van der Waals surface area contributed by atoms with E-state index in [1.165, 1.54) is 0 Å². The summed E-state index contributed by atoms with van der Waals surface area (Å²) in [6.07, 6.45) is 0.